The molecule has 3 fully saturated rings. The Morgan fingerprint density at radius 2 is 1.81 bits per heavy atom. The molecule has 2 aliphatic heterocycles. The van der Waals surface area contributed by atoms with Gasteiger partial charge in [0.2, 0.25) is 0 Å². The van der Waals surface area contributed by atoms with E-state index in [0.29, 0.717) is 31.4 Å². The number of nitrogens with zero attached hydrogens (tertiary/aromatic N) is 2. The van der Waals surface area contributed by atoms with Gasteiger partial charge in [0.25, 0.3) is 0 Å². The number of hydrogen-bond donors (Lipinski definition) is 1. The Bertz CT molecular complexity index is 873. The van der Waals surface area contributed by atoms with Crippen LogP contribution in [-0.4, -0.2) is 57.4 Å². The Morgan fingerprint density at radius 1 is 1.06 bits per heavy atom. The Balaban J connectivity index is 1.07. The highest BCUT2D eigenvalue weighted by atomic mass is 19.1. The zero-order chi connectivity index (χ0) is 21.2. The SMILES string of the molecule is CCOc1ccc(CN2CC3C(CNc4ccc(N5CCOCC5)c(F)c4)C3C2)cc1. The minimum Gasteiger partial charge on any atom is -0.494 e. The van der Waals surface area contributed by atoms with Gasteiger partial charge in [-0.15, -0.1) is 0 Å². The van der Waals surface area contributed by atoms with Crippen LogP contribution in [0.1, 0.15) is 12.5 Å². The van der Waals surface area contributed by atoms with Gasteiger partial charge >= 0.3 is 0 Å². The van der Waals surface area contributed by atoms with Crippen molar-refractivity contribution in [1.29, 1.82) is 0 Å². The predicted octanol–water partition coefficient (Wildman–Crippen LogP) is 3.85. The molecular formula is C25H32FN3O2. The zero-order valence-corrected chi connectivity index (χ0v) is 18.2. The van der Waals surface area contributed by atoms with Crippen LogP contribution < -0.4 is 15.0 Å². The quantitative estimate of drug-likeness (QED) is 0.695. The number of hydrogen-bond acceptors (Lipinski definition) is 5. The molecule has 2 atom stereocenters. The van der Waals surface area contributed by atoms with Crippen molar-refractivity contribution in [2.24, 2.45) is 17.8 Å². The molecule has 2 aromatic carbocycles. The number of rotatable bonds is 8. The normalized spacial score (nSPS) is 25.4. The molecule has 1 saturated carbocycles. The molecule has 0 spiro atoms. The molecule has 2 saturated heterocycles. The minimum atomic E-state index is -0.149. The van der Waals surface area contributed by atoms with Crippen molar-refractivity contribution in [2.75, 3.05) is 62.8 Å². The average Bonchev–Trinajstić information content (AvgIpc) is 3.25. The van der Waals surface area contributed by atoms with Crippen LogP contribution in [0.3, 0.4) is 0 Å². The van der Waals surface area contributed by atoms with Crippen molar-refractivity contribution in [3.8, 4) is 5.75 Å². The van der Waals surface area contributed by atoms with Crippen molar-refractivity contribution in [3.63, 3.8) is 0 Å². The third-order valence-electron chi connectivity index (χ3n) is 6.93. The van der Waals surface area contributed by atoms with E-state index in [4.69, 9.17) is 9.47 Å². The zero-order valence-electron chi connectivity index (χ0n) is 18.2. The summed E-state index contributed by atoms with van der Waals surface area (Å²) in [6.45, 7) is 9.81. The van der Waals surface area contributed by atoms with E-state index in [1.54, 1.807) is 6.07 Å². The van der Waals surface area contributed by atoms with E-state index < -0.39 is 0 Å². The first-order chi connectivity index (χ1) is 15.2. The minimum absolute atomic E-state index is 0.149. The number of morpholine rings is 1. The van der Waals surface area contributed by atoms with Gasteiger partial charge in [0.1, 0.15) is 11.6 Å². The van der Waals surface area contributed by atoms with E-state index in [1.807, 2.05) is 19.1 Å². The van der Waals surface area contributed by atoms with Gasteiger partial charge < -0.3 is 19.7 Å². The molecule has 31 heavy (non-hydrogen) atoms. The Hall–Kier alpha value is -2.31. The number of halogens is 1. The molecule has 3 aliphatic rings. The van der Waals surface area contributed by atoms with Crippen LogP contribution in [0.25, 0.3) is 0 Å². The number of anilines is 2. The standard InChI is InChI=1S/C25H32FN3O2/c1-2-31-20-6-3-18(4-7-20)15-28-16-22-21(23(22)17-28)14-27-19-5-8-25(24(26)13-19)29-9-11-30-12-10-29/h3-8,13,21-23,27H,2,9-12,14-17H2,1H3. The highest BCUT2D eigenvalue weighted by Crippen LogP contribution is 2.51. The maximum atomic E-state index is 14.6. The van der Waals surface area contributed by atoms with Crippen LogP contribution in [0.15, 0.2) is 42.5 Å². The topological polar surface area (TPSA) is 37.0 Å². The molecule has 5 rings (SSSR count). The van der Waals surface area contributed by atoms with Gasteiger partial charge in [-0.05, 0) is 60.6 Å². The lowest BCUT2D eigenvalue weighted by Gasteiger charge is -2.29. The smallest absolute Gasteiger partial charge is 0.148 e. The maximum Gasteiger partial charge on any atom is 0.148 e. The van der Waals surface area contributed by atoms with Crippen molar-refractivity contribution in [3.05, 3.63) is 53.8 Å². The molecular weight excluding hydrogens is 393 g/mol. The molecule has 6 heteroatoms. The van der Waals surface area contributed by atoms with Gasteiger partial charge in [-0.3, -0.25) is 4.90 Å². The number of ether oxygens (including phenoxy) is 2. The van der Waals surface area contributed by atoms with E-state index in [-0.39, 0.29) is 5.82 Å². The summed E-state index contributed by atoms with van der Waals surface area (Å²) in [7, 11) is 0. The summed E-state index contributed by atoms with van der Waals surface area (Å²) < 4.78 is 25.5. The second-order valence-corrected chi connectivity index (χ2v) is 8.91. The lowest BCUT2D eigenvalue weighted by atomic mass is 10.2. The molecule has 1 aliphatic carbocycles. The molecule has 0 bridgehead atoms. The summed E-state index contributed by atoms with van der Waals surface area (Å²) >= 11 is 0. The van der Waals surface area contributed by atoms with Gasteiger partial charge in [-0.1, -0.05) is 12.1 Å². The lowest BCUT2D eigenvalue weighted by Crippen LogP contribution is -2.36. The van der Waals surface area contributed by atoms with Crippen LogP contribution in [-0.2, 0) is 11.3 Å². The van der Waals surface area contributed by atoms with Crippen LogP contribution >= 0.6 is 0 Å². The summed E-state index contributed by atoms with van der Waals surface area (Å²) in [6.07, 6.45) is 0. The van der Waals surface area contributed by atoms with E-state index in [9.17, 15) is 4.39 Å². The van der Waals surface area contributed by atoms with Crippen molar-refractivity contribution < 1.29 is 13.9 Å². The number of fused-ring (bicyclic) bond motifs is 1. The van der Waals surface area contributed by atoms with Crippen molar-refractivity contribution in [1.82, 2.24) is 4.90 Å². The van der Waals surface area contributed by atoms with Gasteiger partial charge in [-0.25, -0.2) is 4.39 Å². The molecule has 0 radical (unpaired) electrons. The molecule has 166 valence electrons. The Morgan fingerprint density at radius 3 is 2.48 bits per heavy atom. The summed E-state index contributed by atoms with van der Waals surface area (Å²) in [5, 5.41) is 3.47. The highest BCUT2D eigenvalue weighted by molar-refractivity contribution is 5.56. The monoisotopic (exact) mass is 425 g/mol. The Kier molecular flexibility index (Phi) is 6.01. The fourth-order valence-corrected chi connectivity index (χ4v) is 5.20. The number of benzene rings is 2. The fourth-order valence-electron chi connectivity index (χ4n) is 5.20. The second kappa shape index (κ2) is 9.05. The average molecular weight is 426 g/mol. The third kappa shape index (κ3) is 4.65. The third-order valence-corrected chi connectivity index (χ3v) is 6.93. The largest absolute Gasteiger partial charge is 0.494 e. The molecule has 2 unspecified atom stereocenters. The molecule has 2 heterocycles. The first kappa shape index (κ1) is 20.6. The summed E-state index contributed by atoms with van der Waals surface area (Å²) in [5.74, 6) is 3.04. The van der Waals surface area contributed by atoms with E-state index in [0.717, 1.165) is 62.5 Å². The Labute approximate surface area is 184 Å². The van der Waals surface area contributed by atoms with E-state index >= 15 is 0 Å². The van der Waals surface area contributed by atoms with E-state index in [1.165, 1.54) is 5.56 Å². The maximum absolute atomic E-state index is 14.6. The predicted molar refractivity (Wildman–Crippen MR) is 121 cm³/mol. The van der Waals surface area contributed by atoms with Gasteiger partial charge in [0.15, 0.2) is 0 Å². The number of likely N-dealkylation sites (tertiary alicyclic amines) is 1. The van der Waals surface area contributed by atoms with Crippen LogP contribution in [0.4, 0.5) is 15.8 Å². The summed E-state index contributed by atoms with van der Waals surface area (Å²) in [6, 6.07) is 14.0. The molecule has 0 amide bonds. The lowest BCUT2D eigenvalue weighted by molar-refractivity contribution is 0.122. The van der Waals surface area contributed by atoms with Crippen LogP contribution in [0.2, 0.25) is 0 Å². The van der Waals surface area contributed by atoms with Crippen molar-refractivity contribution >= 4 is 11.4 Å². The second-order valence-electron chi connectivity index (χ2n) is 8.91. The van der Waals surface area contributed by atoms with Gasteiger partial charge in [0, 0.05) is 45.0 Å². The van der Waals surface area contributed by atoms with Gasteiger partial charge in [-0.2, -0.15) is 0 Å². The van der Waals surface area contributed by atoms with Crippen LogP contribution in [0.5, 0.6) is 5.75 Å². The van der Waals surface area contributed by atoms with Crippen LogP contribution in [0, 0.1) is 23.6 Å². The number of piperidine rings is 1. The molecule has 5 nitrogen and oxygen atoms in total. The molecule has 2 aromatic rings. The summed E-state index contributed by atoms with van der Waals surface area (Å²) in [5.41, 5.74) is 2.91. The highest BCUT2D eigenvalue weighted by Gasteiger charge is 2.54. The number of nitrogens with one attached hydrogen (secondary N) is 1. The molecule has 1 N–H and O–H groups in total. The first-order valence-electron chi connectivity index (χ1n) is 11.5. The first-order valence-corrected chi connectivity index (χ1v) is 11.5. The van der Waals surface area contributed by atoms with Crippen molar-refractivity contribution in [2.45, 2.75) is 13.5 Å². The summed E-state index contributed by atoms with van der Waals surface area (Å²) in [4.78, 5) is 4.62. The molecule has 0 aromatic heterocycles. The fraction of sp³-hybridized carbons (Fsp3) is 0.520. The van der Waals surface area contributed by atoms with Gasteiger partial charge in [0.05, 0.1) is 25.5 Å². The van der Waals surface area contributed by atoms with E-state index in [2.05, 4.69) is 39.4 Å².